The summed E-state index contributed by atoms with van der Waals surface area (Å²) in [6, 6.07) is 2.49. The second-order valence-electron chi connectivity index (χ2n) is 9.07. The van der Waals surface area contributed by atoms with Crippen molar-refractivity contribution in [1.29, 1.82) is 0 Å². The molecule has 2 aromatic heterocycles. The van der Waals surface area contributed by atoms with Crippen molar-refractivity contribution in [3.63, 3.8) is 0 Å². The number of carbonyl (C=O) groups is 1. The van der Waals surface area contributed by atoms with E-state index in [1.807, 2.05) is 13.8 Å². The van der Waals surface area contributed by atoms with Crippen LogP contribution < -0.4 is 11.3 Å². The number of nitrogens with two attached hydrogens (primary N) is 1. The number of aromatic nitrogens is 2. The summed E-state index contributed by atoms with van der Waals surface area (Å²) in [4.78, 5) is 29.9. The van der Waals surface area contributed by atoms with E-state index in [2.05, 4.69) is 0 Å². The predicted molar refractivity (Wildman–Crippen MR) is 127 cm³/mol. The molecule has 3 unspecified atom stereocenters. The minimum Gasteiger partial charge on any atom is -0.458 e. The lowest BCUT2D eigenvalue weighted by Crippen LogP contribution is -2.35. The molecule has 1 aromatic carbocycles. The van der Waals surface area contributed by atoms with Crippen LogP contribution in [0.15, 0.2) is 16.9 Å². The predicted octanol–water partition coefficient (Wildman–Crippen LogP) is 2.34. The lowest BCUT2D eigenvalue weighted by atomic mass is 9.75. The van der Waals surface area contributed by atoms with Crippen LogP contribution in [0, 0.1) is 12.7 Å². The lowest BCUT2D eigenvalue weighted by Gasteiger charge is -2.32. The number of hydrogen-bond acceptors (Lipinski definition) is 7. The molecule has 4 N–H and O–H groups in total. The van der Waals surface area contributed by atoms with Crippen molar-refractivity contribution in [2.45, 2.75) is 64.8 Å². The Bertz CT molecular complexity index is 1450. The zero-order chi connectivity index (χ0) is 25.2. The maximum absolute atomic E-state index is 14.8. The highest BCUT2D eigenvalue weighted by molar-refractivity contribution is 5.93. The molecule has 0 amide bonds. The van der Waals surface area contributed by atoms with Crippen LogP contribution in [-0.2, 0) is 29.1 Å². The Balaban J connectivity index is 0.00000124. The number of carbonyl (C=O) groups excluding carboxylic acids is 1. The molecule has 3 atom stereocenters. The van der Waals surface area contributed by atoms with Crippen molar-refractivity contribution in [3.8, 4) is 11.4 Å². The van der Waals surface area contributed by atoms with Crippen molar-refractivity contribution < 1.29 is 24.1 Å². The van der Waals surface area contributed by atoms with Crippen LogP contribution in [0.5, 0.6) is 0 Å². The van der Waals surface area contributed by atoms with Gasteiger partial charge in [-0.15, -0.1) is 0 Å². The molecule has 3 aliphatic rings. The highest BCUT2D eigenvalue weighted by atomic mass is 19.1. The van der Waals surface area contributed by atoms with Crippen LogP contribution in [0.3, 0.4) is 0 Å². The molecule has 0 saturated heterocycles. The Morgan fingerprint density at radius 3 is 2.71 bits per heavy atom. The number of halogens is 1. The van der Waals surface area contributed by atoms with Crippen molar-refractivity contribution in [2.75, 3.05) is 6.61 Å². The van der Waals surface area contributed by atoms with Crippen LogP contribution in [-0.4, -0.2) is 38.4 Å². The van der Waals surface area contributed by atoms with E-state index in [-0.39, 0.29) is 48.2 Å². The molecule has 35 heavy (non-hydrogen) atoms. The molecule has 0 spiro atoms. The van der Waals surface area contributed by atoms with Gasteiger partial charge in [-0.2, -0.15) is 0 Å². The van der Waals surface area contributed by atoms with Gasteiger partial charge in [-0.1, -0.05) is 13.8 Å². The number of esters is 1. The van der Waals surface area contributed by atoms with Gasteiger partial charge in [-0.05, 0) is 42.5 Å². The van der Waals surface area contributed by atoms with E-state index in [0.29, 0.717) is 35.3 Å². The number of fused-ring (bicyclic) bond motifs is 5. The van der Waals surface area contributed by atoms with E-state index in [0.717, 1.165) is 22.1 Å². The molecule has 4 heterocycles. The van der Waals surface area contributed by atoms with E-state index in [9.17, 15) is 24.2 Å². The van der Waals surface area contributed by atoms with Gasteiger partial charge in [0.05, 0.1) is 35.6 Å². The van der Waals surface area contributed by atoms with Gasteiger partial charge < -0.3 is 25.3 Å². The van der Waals surface area contributed by atoms with E-state index in [1.165, 1.54) is 6.07 Å². The third-order valence-corrected chi connectivity index (χ3v) is 7.42. The first-order chi connectivity index (χ1) is 16.8. The van der Waals surface area contributed by atoms with Crippen LogP contribution in [0.1, 0.15) is 65.7 Å². The molecule has 1 aliphatic carbocycles. The fraction of sp³-hybridized carbons (Fsp3) is 0.423. The maximum Gasteiger partial charge on any atom is 0.340 e. The van der Waals surface area contributed by atoms with Crippen LogP contribution in [0.2, 0.25) is 0 Å². The molecule has 9 heteroatoms. The van der Waals surface area contributed by atoms with Gasteiger partial charge >= 0.3 is 5.97 Å². The van der Waals surface area contributed by atoms with Crippen molar-refractivity contribution in [1.82, 2.24) is 9.55 Å². The Hall–Kier alpha value is -3.14. The van der Waals surface area contributed by atoms with Crippen LogP contribution in [0.4, 0.5) is 4.39 Å². The number of ether oxygens (including phenoxy) is 1. The first-order valence-electron chi connectivity index (χ1n) is 11.9. The Morgan fingerprint density at radius 2 is 2.00 bits per heavy atom. The normalized spacial score (nSPS) is 20.4. The van der Waals surface area contributed by atoms with Gasteiger partial charge in [0, 0.05) is 34.5 Å². The number of aliphatic hydroxyl groups excluding tert-OH is 2. The number of aryl methyl sites for hydroxylation is 1. The summed E-state index contributed by atoms with van der Waals surface area (Å²) < 4.78 is 21.3. The van der Waals surface area contributed by atoms with Crippen LogP contribution in [0.25, 0.3) is 22.3 Å². The number of hydrogen-bond donors (Lipinski definition) is 3. The average Bonchev–Trinajstić information content (AvgIpc) is 3.24. The fourth-order valence-corrected chi connectivity index (χ4v) is 5.69. The number of rotatable bonds is 2. The Kier molecular flexibility index (Phi) is 5.74. The van der Waals surface area contributed by atoms with E-state index < -0.39 is 18.1 Å². The summed E-state index contributed by atoms with van der Waals surface area (Å²) in [5, 5.41) is 21.0. The largest absolute Gasteiger partial charge is 0.458 e. The number of pyridine rings is 2. The van der Waals surface area contributed by atoms with Gasteiger partial charge in [-0.3, -0.25) is 4.79 Å². The van der Waals surface area contributed by atoms with Gasteiger partial charge in [0.25, 0.3) is 5.56 Å². The average molecular weight is 482 g/mol. The molecule has 184 valence electrons. The number of cyclic esters (lactones) is 1. The standard InChI is InChI=1S/C24H22FN3O5.C2H6/c1-9-10-2-3-11(16(26)7-29)19-13-6-28-18(21(13)27-17(20(10)19)5-15(9)25)4-12-14(23(28)31)8-33-24(32)22(12)30;1-2/h4-5,11,16,22,29-30H,2-3,6-8,26H2,1H3;1-2H3. The third-order valence-electron chi connectivity index (χ3n) is 7.42. The number of nitrogens with zero attached hydrogens (tertiary/aromatic N) is 2. The van der Waals surface area contributed by atoms with Gasteiger partial charge in [0.15, 0.2) is 6.10 Å². The van der Waals surface area contributed by atoms with Gasteiger partial charge in [0.1, 0.15) is 12.4 Å². The maximum atomic E-state index is 14.8. The monoisotopic (exact) mass is 481 g/mol. The summed E-state index contributed by atoms with van der Waals surface area (Å²) in [5.74, 6) is -1.33. The molecular formula is C26H28FN3O5. The molecule has 6 rings (SSSR count). The smallest absolute Gasteiger partial charge is 0.340 e. The summed E-state index contributed by atoms with van der Waals surface area (Å²) in [7, 11) is 0. The van der Waals surface area contributed by atoms with Crippen molar-refractivity contribution in [2.24, 2.45) is 5.73 Å². The van der Waals surface area contributed by atoms with Gasteiger partial charge in [0.2, 0.25) is 0 Å². The molecule has 0 fully saturated rings. The van der Waals surface area contributed by atoms with Crippen molar-refractivity contribution >= 4 is 16.9 Å². The van der Waals surface area contributed by atoms with Crippen LogP contribution >= 0.6 is 0 Å². The second kappa shape index (κ2) is 8.51. The number of benzene rings is 1. The third kappa shape index (κ3) is 3.26. The quantitative estimate of drug-likeness (QED) is 0.375. The zero-order valence-electron chi connectivity index (χ0n) is 19.9. The molecule has 0 bridgehead atoms. The first kappa shape index (κ1) is 23.6. The van der Waals surface area contributed by atoms with E-state index >= 15 is 0 Å². The van der Waals surface area contributed by atoms with Gasteiger partial charge in [-0.25, -0.2) is 14.2 Å². The fourth-order valence-electron chi connectivity index (χ4n) is 5.69. The molecule has 2 aliphatic heterocycles. The van der Waals surface area contributed by atoms with E-state index in [1.54, 1.807) is 17.6 Å². The second-order valence-corrected chi connectivity index (χ2v) is 9.07. The summed E-state index contributed by atoms with van der Waals surface area (Å²) in [6.07, 6.45) is -0.274. The minimum absolute atomic E-state index is 0.179. The van der Waals surface area contributed by atoms with Crippen molar-refractivity contribution in [3.05, 3.63) is 61.7 Å². The first-order valence-corrected chi connectivity index (χ1v) is 11.9. The molecule has 8 nitrogen and oxygen atoms in total. The molecular weight excluding hydrogens is 453 g/mol. The zero-order valence-corrected chi connectivity index (χ0v) is 19.9. The lowest BCUT2D eigenvalue weighted by molar-refractivity contribution is -0.157. The molecule has 0 saturated carbocycles. The summed E-state index contributed by atoms with van der Waals surface area (Å²) in [6.45, 7) is 5.59. The summed E-state index contributed by atoms with van der Waals surface area (Å²) >= 11 is 0. The highest BCUT2D eigenvalue weighted by Crippen LogP contribution is 2.46. The summed E-state index contributed by atoms with van der Waals surface area (Å²) in [5.41, 5.74) is 11.0. The Labute approximate surface area is 201 Å². The highest BCUT2D eigenvalue weighted by Gasteiger charge is 2.38. The topological polar surface area (TPSA) is 128 Å². The molecule has 0 radical (unpaired) electrons. The SMILES string of the molecule is CC.Cc1c(F)cc2nc3c(c4c2c1CCC4C(N)CO)Cn1c-3cc2c(c1=O)COC(=O)C2O. The molecule has 3 aromatic rings. The number of aliphatic hydroxyl groups is 2. The van der Waals surface area contributed by atoms with E-state index in [4.69, 9.17) is 15.5 Å². The Morgan fingerprint density at radius 1 is 1.26 bits per heavy atom. The minimum atomic E-state index is -1.54.